The van der Waals surface area contributed by atoms with E-state index in [1.807, 2.05) is 43.8 Å². The van der Waals surface area contributed by atoms with Crippen molar-refractivity contribution in [3.05, 3.63) is 60.6 Å². The third-order valence-corrected chi connectivity index (χ3v) is 5.76. The molecule has 0 spiro atoms. The largest absolute Gasteiger partial charge is 0.449 e. The number of hydrogen-bond donors (Lipinski definition) is 0. The second kappa shape index (κ2) is 7.86. The molecule has 0 saturated carbocycles. The van der Waals surface area contributed by atoms with E-state index in [0.29, 0.717) is 30.5 Å². The van der Waals surface area contributed by atoms with Crippen molar-refractivity contribution in [1.29, 1.82) is 0 Å². The van der Waals surface area contributed by atoms with Gasteiger partial charge in [-0.25, -0.2) is 9.67 Å². The summed E-state index contributed by atoms with van der Waals surface area (Å²) in [5.74, 6) is 1.90. The van der Waals surface area contributed by atoms with Crippen LogP contribution in [0.4, 0.5) is 5.82 Å². The van der Waals surface area contributed by atoms with E-state index in [-0.39, 0.29) is 0 Å². The molecule has 0 N–H and O–H groups in total. The number of benzene rings is 1. The maximum Gasteiger partial charge on any atom is 0.253 e. The van der Waals surface area contributed by atoms with Crippen molar-refractivity contribution in [2.45, 2.75) is 6.92 Å². The Morgan fingerprint density at radius 1 is 1.00 bits per heavy atom. The van der Waals surface area contributed by atoms with Crippen molar-refractivity contribution in [3.63, 3.8) is 0 Å². The van der Waals surface area contributed by atoms with Crippen LogP contribution in [-0.4, -0.2) is 55.8 Å². The van der Waals surface area contributed by atoms with Gasteiger partial charge in [-0.05, 0) is 18.6 Å². The zero-order valence-corrected chi connectivity index (χ0v) is 18.5. The van der Waals surface area contributed by atoms with Gasteiger partial charge in [-0.1, -0.05) is 29.8 Å². The summed E-state index contributed by atoms with van der Waals surface area (Å²) >= 11 is 0. The van der Waals surface area contributed by atoms with E-state index >= 15 is 0 Å². The highest BCUT2D eigenvalue weighted by atomic mass is 16.5. The van der Waals surface area contributed by atoms with Gasteiger partial charge in [0.25, 0.3) is 5.95 Å². The van der Waals surface area contributed by atoms with Crippen molar-refractivity contribution in [1.82, 2.24) is 29.5 Å². The minimum Gasteiger partial charge on any atom is -0.449 e. The normalized spacial score (nSPS) is 14.3. The first-order valence-electron chi connectivity index (χ1n) is 10.9. The van der Waals surface area contributed by atoms with Crippen LogP contribution < -0.4 is 4.90 Å². The van der Waals surface area contributed by atoms with Crippen LogP contribution in [0.5, 0.6) is 0 Å². The quantitative estimate of drug-likeness (QED) is 0.421. The van der Waals surface area contributed by atoms with Crippen LogP contribution in [0.15, 0.2) is 59.4 Å². The van der Waals surface area contributed by atoms with Crippen molar-refractivity contribution < 1.29 is 9.15 Å². The van der Waals surface area contributed by atoms with Crippen LogP contribution in [0.3, 0.4) is 0 Å². The molecular weight excluding hydrogens is 418 g/mol. The Bertz CT molecular complexity index is 1440. The fourth-order valence-electron chi connectivity index (χ4n) is 4.07. The van der Waals surface area contributed by atoms with Crippen LogP contribution in [0.25, 0.3) is 39.6 Å². The standard InChI is InChI=1S/C24H23N7O2/c1-16-4-3-5-17(12-16)18-14-25-31(15-18)24-26-20-13-21(19-6-7-29(2)28-19)33-22(20)23(27-24)30-8-10-32-11-9-30/h3-7,12-15H,8-11H2,1-2H3. The molecule has 1 fully saturated rings. The Hall–Kier alpha value is -3.98. The first-order valence-corrected chi connectivity index (χ1v) is 10.9. The van der Waals surface area contributed by atoms with E-state index < -0.39 is 0 Å². The Balaban J connectivity index is 1.47. The number of nitrogens with zero attached hydrogens (tertiary/aromatic N) is 7. The summed E-state index contributed by atoms with van der Waals surface area (Å²) in [7, 11) is 1.88. The number of furan rings is 1. The lowest BCUT2D eigenvalue weighted by Gasteiger charge is -2.27. The first kappa shape index (κ1) is 19.7. The summed E-state index contributed by atoms with van der Waals surface area (Å²) in [6.45, 7) is 4.84. The summed E-state index contributed by atoms with van der Waals surface area (Å²) in [4.78, 5) is 11.8. The maximum atomic E-state index is 6.22. The second-order valence-electron chi connectivity index (χ2n) is 8.19. The molecule has 0 aliphatic carbocycles. The summed E-state index contributed by atoms with van der Waals surface area (Å²) < 4.78 is 15.2. The van der Waals surface area contributed by atoms with Crippen molar-refractivity contribution >= 4 is 16.9 Å². The lowest BCUT2D eigenvalue weighted by atomic mass is 10.1. The minimum absolute atomic E-state index is 0.497. The number of hydrogen-bond acceptors (Lipinski definition) is 7. The number of ether oxygens (including phenoxy) is 1. The lowest BCUT2D eigenvalue weighted by molar-refractivity contribution is 0.122. The number of anilines is 1. The van der Waals surface area contributed by atoms with E-state index in [9.17, 15) is 0 Å². The number of aromatic nitrogens is 6. The molecule has 0 atom stereocenters. The molecule has 6 rings (SSSR count). The van der Waals surface area contributed by atoms with Crippen molar-refractivity contribution in [2.75, 3.05) is 31.2 Å². The summed E-state index contributed by atoms with van der Waals surface area (Å²) in [6.07, 6.45) is 5.68. The molecule has 166 valence electrons. The SMILES string of the molecule is Cc1cccc(-c2cnn(-c3nc(N4CCOCC4)c4oc(-c5ccn(C)n5)cc4n3)c2)c1. The van der Waals surface area contributed by atoms with E-state index in [0.717, 1.165) is 41.2 Å². The van der Waals surface area contributed by atoms with Gasteiger partial charge in [-0.15, -0.1) is 0 Å². The predicted molar refractivity (Wildman–Crippen MR) is 124 cm³/mol. The molecule has 0 unspecified atom stereocenters. The zero-order valence-electron chi connectivity index (χ0n) is 18.5. The topological polar surface area (TPSA) is 87.0 Å². The average Bonchev–Trinajstić information content (AvgIpc) is 3.58. The molecule has 0 bridgehead atoms. The molecule has 1 aliphatic heterocycles. The Morgan fingerprint density at radius 3 is 2.67 bits per heavy atom. The number of morpholine rings is 1. The third-order valence-electron chi connectivity index (χ3n) is 5.76. The van der Waals surface area contributed by atoms with Gasteiger partial charge >= 0.3 is 0 Å². The van der Waals surface area contributed by atoms with E-state index in [1.54, 1.807) is 9.36 Å². The third kappa shape index (κ3) is 3.66. The number of aryl methyl sites for hydroxylation is 2. The van der Waals surface area contributed by atoms with Crippen LogP contribution in [0.1, 0.15) is 5.56 Å². The lowest BCUT2D eigenvalue weighted by Crippen LogP contribution is -2.37. The van der Waals surface area contributed by atoms with Gasteiger partial charge in [-0.3, -0.25) is 4.68 Å². The highest BCUT2D eigenvalue weighted by molar-refractivity contribution is 5.88. The maximum absolute atomic E-state index is 6.22. The molecule has 9 heteroatoms. The molecule has 33 heavy (non-hydrogen) atoms. The van der Waals surface area contributed by atoms with E-state index in [4.69, 9.17) is 19.1 Å². The molecule has 9 nitrogen and oxygen atoms in total. The van der Waals surface area contributed by atoms with Gasteiger partial charge in [0.05, 0.1) is 19.4 Å². The first-order chi connectivity index (χ1) is 16.1. The van der Waals surface area contributed by atoms with Crippen molar-refractivity contribution in [3.8, 4) is 28.5 Å². The van der Waals surface area contributed by atoms with Gasteiger partial charge in [0, 0.05) is 44.2 Å². The predicted octanol–water partition coefficient (Wildman–Crippen LogP) is 3.62. The summed E-state index contributed by atoms with van der Waals surface area (Å²) in [5, 5.41) is 9.02. The van der Waals surface area contributed by atoms with Crippen LogP contribution in [0.2, 0.25) is 0 Å². The molecule has 4 aromatic heterocycles. The van der Waals surface area contributed by atoms with Gasteiger partial charge in [0.15, 0.2) is 17.2 Å². The molecule has 0 radical (unpaired) electrons. The molecule has 1 aliphatic rings. The molecule has 0 amide bonds. The summed E-state index contributed by atoms with van der Waals surface area (Å²) in [5.41, 5.74) is 5.44. The van der Waals surface area contributed by atoms with Crippen molar-refractivity contribution in [2.24, 2.45) is 7.05 Å². The molecule has 5 heterocycles. The van der Waals surface area contributed by atoms with Crippen LogP contribution in [0, 0.1) is 6.92 Å². The second-order valence-corrected chi connectivity index (χ2v) is 8.19. The molecule has 1 aromatic carbocycles. The minimum atomic E-state index is 0.497. The smallest absolute Gasteiger partial charge is 0.253 e. The van der Waals surface area contributed by atoms with Gasteiger partial charge in [0.1, 0.15) is 11.2 Å². The van der Waals surface area contributed by atoms with Gasteiger partial charge in [-0.2, -0.15) is 15.2 Å². The van der Waals surface area contributed by atoms with Gasteiger partial charge in [0.2, 0.25) is 0 Å². The van der Waals surface area contributed by atoms with E-state index in [2.05, 4.69) is 40.2 Å². The van der Waals surface area contributed by atoms with Gasteiger partial charge < -0.3 is 14.1 Å². The van der Waals surface area contributed by atoms with Crippen LogP contribution in [-0.2, 0) is 11.8 Å². The summed E-state index contributed by atoms with van der Waals surface area (Å²) in [6, 6.07) is 12.2. The highest BCUT2D eigenvalue weighted by Crippen LogP contribution is 2.32. The number of rotatable bonds is 4. The highest BCUT2D eigenvalue weighted by Gasteiger charge is 2.22. The van der Waals surface area contributed by atoms with E-state index in [1.165, 1.54) is 5.56 Å². The fraction of sp³-hybridized carbons (Fsp3) is 0.250. The fourth-order valence-corrected chi connectivity index (χ4v) is 4.07. The Labute approximate surface area is 190 Å². The number of fused-ring (bicyclic) bond motifs is 1. The zero-order chi connectivity index (χ0) is 22.4. The monoisotopic (exact) mass is 441 g/mol. The molecular formula is C24H23N7O2. The Morgan fingerprint density at radius 2 is 1.88 bits per heavy atom. The molecule has 1 saturated heterocycles. The molecule has 5 aromatic rings. The Kier molecular flexibility index (Phi) is 4.69. The average molecular weight is 441 g/mol. The van der Waals surface area contributed by atoms with Crippen LogP contribution >= 0.6 is 0 Å².